The average molecular weight is 370 g/mol. The summed E-state index contributed by atoms with van der Waals surface area (Å²) in [5, 5.41) is 0. The van der Waals surface area contributed by atoms with Crippen molar-refractivity contribution in [3.8, 4) is 0 Å². The third-order valence-corrected chi connectivity index (χ3v) is 7.25. The molecule has 2 aromatic rings. The van der Waals surface area contributed by atoms with Gasteiger partial charge in [0.05, 0.1) is 4.90 Å². The van der Waals surface area contributed by atoms with Crippen molar-refractivity contribution in [2.75, 3.05) is 19.6 Å². The average Bonchev–Trinajstić information content (AvgIpc) is 2.60. The van der Waals surface area contributed by atoms with Gasteiger partial charge in [0.1, 0.15) is 0 Å². The van der Waals surface area contributed by atoms with Crippen LogP contribution >= 0.6 is 0 Å². The van der Waals surface area contributed by atoms with E-state index in [1.54, 1.807) is 12.1 Å². The van der Waals surface area contributed by atoms with Gasteiger partial charge in [0, 0.05) is 37.8 Å². The Labute approximate surface area is 154 Å². The van der Waals surface area contributed by atoms with Crippen LogP contribution in [0.5, 0.6) is 0 Å². The van der Waals surface area contributed by atoms with Crippen LogP contribution in [0, 0.1) is 0 Å². The molecule has 26 heavy (non-hydrogen) atoms. The van der Waals surface area contributed by atoms with Crippen molar-refractivity contribution >= 4 is 15.8 Å². The molecule has 6 heteroatoms. The predicted molar refractivity (Wildman–Crippen MR) is 99.5 cm³/mol. The molecule has 0 radical (unpaired) electrons. The Morgan fingerprint density at radius 1 is 1.00 bits per heavy atom. The van der Waals surface area contributed by atoms with Gasteiger partial charge in [-0.15, -0.1) is 0 Å². The van der Waals surface area contributed by atoms with E-state index in [-0.39, 0.29) is 16.7 Å². The first kappa shape index (κ1) is 17.4. The van der Waals surface area contributed by atoms with Gasteiger partial charge in [0.15, 0.2) is 5.78 Å². The molecule has 1 fully saturated rings. The molecule has 0 N–H and O–H groups in total. The summed E-state index contributed by atoms with van der Waals surface area (Å²) in [4.78, 5) is 14.0. The Balaban J connectivity index is 1.42. The first-order valence-electron chi connectivity index (χ1n) is 8.87. The second kappa shape index (κ2) is 6.61. The molecule has 2 aromatic carbocycles. The molecule has 136 valence electrons. The van der Waals surface area contributed by atoms with Crippen molar-refractivity contribution in [1.82, 2.24) is 9.21 Å². The van der Waals surface area contributed by atoms with E-state index in [1.807, 2.05) is 0 Å². The maximum Gasteiger partial charge on any atom is 0.243 e. The number of benzene rings is 2. The maximum atomic E-state index is 12.7. The van der Waals surface area contributed by atoms with Gasteiger partial charge in [0.2, 0.25) is 10.0 Å². The molecule has 0 aromatic heterocycles. The van der Waals surface area contributed by atoms with E-state index in [1.165, 1.54) is 34.5 Å². The zero-order valence-corrected chi connectivity index (χ0v) is 15.6. The van der Waals surface area contributed by atoms with Crippen LogP contribution in [0.25, 0.3) is 0 Å². The Morgan fingerprint density at radius 3 is 2.31 bits per heavy atom. The topological polar surface area (TPSA) is 57.7 Å². The van der Waals surface area contributed by atoms with Gasteiger partial charge in [0.25, 0.3) is 0 Å². The van der Waals surface area contributed by atoms with Crippen molar-refractivity contribution in [3.05, 3.63) is 65.2 Å². The summed E-state index contributed by atoms with van der Waals surface area (Å²) < 4.78 is 27.0. The summed E-state index contributed by atoms with van der Waals surface area (Å²) in [5.74, 6) is -0.0663. The van der Waals surface area contributed by atoms with Gasteiger partial charge in [-0.05, 0) is 36.6 Å². The Morgan fingerprint density at radius 2 is 1.65 bits per heavy atom. The number of rotatable bonds is 4. The molecule has 0 amide bonds. The number of hydrogen-bond donors (Lipinski definition) is 0. The van der Waals surface area contributed by atoms with Gasteiger partial charge in [-0.3, -0.25) is 9.69 Å². The summed E-state index contributed by atoms with van der Waals surface area (Å²) in [6, 6.07) is 14.9. The summed E-state index contributed by atoms with van der Waals surface area (Å²) in [6.45, 7) is 4.39. The lowest BCUT2D eigenvalue weighted by molar-refractivity contribution is 0.0769. The maximum absolute atomic E-state index is 12.7. The Hall–Kier alpha value is -2.02. The highest BCUT2D eigenvalue weighted by Crippen LogP contribution is 2.28. The SMILES string of the molecule is CC(=O)c1ccc(S(=O)(=O)N2CC(N3CCc4ccccc4C3)C2)cc1. The van der Waals surface area contributed by atoms with Crippen LogP contribution in [0.2, 0.25) is 0 Å². The van der Waals surface area contributed by atoms with Crippen molar-refractivity contribution in [1.29, 1.82) is 0 Å². The molecule has 2 heterocycles. The molecular weight excluding hydrogens is 348 g/mol. The zero-order chi connectivity index (χ0) is 18.3. The molecular formula is C20H22N2O3S. The number of nitrogens with zero attached hydrogens (tertiary/aromatic N) is 2. The van der Waals surface area contributed by atoms with Crippen molar-refractivity contribution in [2.45, 2.75) is 30.8 Å². The second-order valence-corrected chi connectivity index (χ2v) is 8.98. The van der Waals surface area contributed by atoms with Crippen LogP contribution in [0.3, 0.4) is 0 Å². The number of fused-ring (bicyclic) bond motifs is 1. The lowest BCUT2D eigenvalue weighted by Crippen LogP contribution is -2.61. The van der Waals surface area contributed by atoms with E-state index in [4.69, 9.17) is 0 Å². The fourth-order valence-corrected chi connectivity index (χ4v) is 5.20. The first-order valence-corrected chi connectivity index (χ1v) is 10.3. The standard InChI is InChI=1S/C20H22N2O3S/c1-15(23)16-6-8-20(9-7-16)26(24,25)22-13-19(14-22)21-11-10-17-4-2-3-5-18(17)12-21/h2-9,19H,10-14H2,1H3. The molecule has 0 unspecified atom stereocenters. The second-order valence-electron chi connectivity index (χ2n) is 7.05. The quantitative estimate of drug-likeness (QED) is 0.775. The molecule has 0 atom stereocenters. The highest BCUT2D eigenvalue weighted by molar-refractivity contribution is 7.89. The molecule has 0 spiro atoms. The zero-order valence-electron chi connectivity index (χ0n) is 14.8. The minimum Gasteiger partial charge on any atom is -0.295 e. The van der Waals surface area contributed by atoms with E-state index in [0.717, 1.165) is 19.5 Å². The number of carbonyl (C=O) groups excluding carboxylic acids is 1. The van der Waals surface area contributed by atoms with Gasteiger partial charge in [-0.1, -0.05) is 36.4 Å². The minimum atomic E-state index is -3.48. The number of ketones is 1. The molecule has 5 nitrogen and oxygen atoms in total. The fraction of sp³-hybridized carbons (Fsp3) is 0.350. The lowest BCUT2D eigenvalue weighted by atomic mass is 9.97. The van der Waals surface area contributed by atoms with Gasteiger partial charge in [-0.25, -0.2) is 8.42 Å². The van der Waals surface area contributed by atoms with Crippen LogP contribution in [0.15, 0.2) is 53.4 Å². The predicted octanol–water partition coefficient (Wildman–Crippen LogP) is 2.32. The summed E-state index contributed by atoms with van der Waals surface area (Å²) in [7, 11) is -3.48. The summed E-state index contributed by atoms with van der Waals surface area (Å²) in [5.41, 5.74) is 3.27. The first-order chi connectivity index (χ1) is 12.4. The lowest BCUT2D eigenvalue weighted by Gasteiger charge is -2.46. The molecule has 2 aliphatic rings. The largest absolute Gasteiger partial charge is 0.295 e. The number of hydrogen-bond acceptors (Lipinski definition) is 4. The van der Waals surface area contributed by atoms with E-state index in [2.05, 4.69) is 29.2 Å². The molecule has 1 saturated heterocycles. The smallest absolute Gasteiger partial charge is 0.243 e. The number of sulfonamides is 1. The monoisotopic (exact) mass is 370 g/mol. The van der Waals surface area contributed by atoms with Crippen LogP contribution in [0.4, 0.5) is 0 Å². The van der Waals surface area contributed by atoms with Crippen LogP contribution < -0.4 is 0 Å². The van der Waals surface area contributed by atoms with Gasteiger partial charge in [-0.2, -0.15) is 4.31 Å². The Bertz CT molecular complexity index is 932. The highest BCUT2D eigenvalue weighted by atomic mass is 32.2. The molecule has 0 saturated carbocycles. The van der Waals surface area contributed by atoms with Crippen molar-refractivity contribution in [2.24, 2.45) is 0 Å². The van der Waals surface area contributed by atoms with Gasteiger partial charge < -0.3 is 0 Å². The van der Waals surface area contributed by atoms with E-state index >= 15 is 0 Å². The minimum absolute atomic E-state index is 0.0663. The molecule has 0 bridgehead atoms. The Kier molecular flexibility index (Phi) is 4.42. The third kappa shape index (κ3) is 3.09. The summed E-state index contributed by atoms with van der Waals surface area (Å²) in [6.07, 6.45) is 1.02. The van der Waals surface area contributed by atoms with Crippen LogP contribution in [-0.4, -0.2) is 49.1 Å². The number of Topliss-reactive ketones (excluding diaryl/α,β-unsaturated/α-hetero) is 1. The third-order valence-electron chi connectivity index (χ3n) is 5.40. The highest BCUT2D eigenvalue weighted by Gasteiger charge is 2.40. The molecule has 0 aliphatic carbocycles. The van der Waals surface area contributed by atoms with E-state index in [9.17, 15) is 13.2 Å². The molecule has 2 aliphatic heterocycles. The normalized spacial score (nSPS) is 19.0. The van der Waals surface area contributed by atoms with Crippen LogP contribution in [0.1, 0.15) is 28.4 Å². The van der Waals surface area contributed by atoms with E-state index in [0.29, 0.717) is 18.7 Å². The van der Waals surface area contributed by atoms with Crippen molar-refractivity contribution < 1.29 is 13.2 Å². The van der Waals surface area contributed by atoms with Crippen molar-refractivity contribution in [3.63, 3.8) is 0 Å². The number of carbonyl (C=O) groups is 1. The fourth-order valence-electron chi connectivity index (χ4n) is 3.68. The van der Waals surface area contributed by atoms with E-state index < -0.39 is 10.0 Å². The van der Waals surface area contributed by atoms with Crippen LogP contribution in [-0.2, 0) is 23.0 Å². The van der Waals surface area contributed by atoms with Gasteiger partial charge >= 0.3 is 0 Å². The molecule has 4 rings (SSSR count). The summed E-state index contributed by atoms with van der Waals surface area (Å²) >= 11 is 0.